The van der Waals surface area contributed by atoms with Crippen LogP contribution in [0.25, 0.3) is 0 Å². The lowest BCUT2D eigenvalue weighted by Crippen LogP contribution is -2.30. The van der Waals surface area contributed by atoms with Crippen molar-refractivity contribution in [3.05, 3.63) is 72.9 Å². The van der Waals surface area contributed by atoms with Crippen LogP contribution in [0.1, 0.15) is 233 Å². The van der Waals surface area contributed by atoms with Crippen LogP contribution >= 0.6 is 0 Å². The van der Waals surface area contributed by atoms with Crippen molar-refractivity contribution in [3.8, 4) is 0 Å². The highest BCUT2D eigenvalue weighted by atomic mass is 16.6. The first-order chi connectivity index (χ1) is 29.5. The summed E-state index contributed by atoms with van der Waals surface area (Å²) in [6.07, 6.45) is 60.2. The van der Waals surface area contributed by atoms with Crippen molar-refractivity contribution in [1.82, 2.24) is 0 Å². The minimum Gasteiger partial charge on any atom is -0.462 e. The summed E-state index contributed by atoms with van der Waals surface area (Å²) < 4.78 is 16.8. The number of hydrogen-bond donors (Lipinski definition) is 0. The van der Waals surface area contributed by atoms with Crippen LogP contribution in [0.4, 0.5) is 0 Å². The van der Waals surface area contributed by atoms with Gasteiger partial charge in [0.25, 0.3) is 0 Å². The molecule has 0 fully saturated rings. The highest BCUT2D eigenvalue weighted by Gasteiger charge is 2.19. The minimum absolute atomic E-state index is 0.0874. The van der Waals surface area contributed by atoms with Crippen molar-refractivity contribution in [1.29, 1.82) is 0 Å². The summed E-state index contributed by atoms with van der Waals surface area (Å²) in [4.78, 5) is 37.9. The molecule has 0 saturated heterocycles. The lowest BCUT2D eigenvalue weighted by molar-refractivity contribution is -0.167. The van der Waals surface area contributed by atoms with Crippen molar-refractivity contribution >= 4 is 17.9 Å². The Morgan fingerprint density at radius 3 is 1.00 bits per heavy atom. The molecule has 0 aliphatic heterocycles. The number of carbonyl (C=O) groups excluding carboxylic acids is 3. The van der Waals surface area contributed by atoms with E-state index in [0.717, 1.165) is 96.3 Å². The van der Waals surface area contributed by atoms with Gasteiger partial charge in [-0.25, -0.2) is 0 Å². The third-order valence-electron chi connectivity index (χ3n) is 10.6. The van der Waals surface area contributed by atoms with Gasteiger partial charge >= 0.3 is 17.9 Å². The van der Waals surface area contributed by atoms with Crippen LogP contribution < -0.4 is 0 Å². The molecule has 6 nitrogen and oxygen atoms in total. The molecule has 0 saturated carbocycles. The summed E-state index contributed by atoms with van der Waals surface area (Å²) in [6, 6.07) is 0. The van der Waals surface area contributed by atoms with Crippen LogP contribution in [0.3, 0.4) is 0 Å². The van der Waals surface area contributed by atoms with Crippen LogP contribution in [0.2, 0.25) is 0 Å². The van der Waals surface area contributed by atoms with E-state index in [1.807, 2.05) is 0 Å². The van der Waals surface area contributed by atoms with Gasteiger partial charge in [-0.3, -0.25) is 14.4 Å². The molecule has 0 radical (unpaired) electrons. The summed E-state index contributed by atoms with van der Waals surface area (Å²) in [5.41, 5.74) is 0. The fraction of sp³-hybridized carbons (Fsp3) is 0.722. The Balaban J connectivity index is 4.42. The van der Waals surface area contributed by atoms with Crippen LogP contribution in [0.5, 0.6) is 0 Å². The Bertz CT molecular complexity index is 1140. The number of ether oxygens (including phenoxy) is 3. The molecule has 1 unspecified atom stereocenters. The van der Waals surface area contributed by atoms with Crippen LogP contribution in [-0.4, -0.2) is 37.2 Å². The molecule has 1 atom stereocenters. The first-order valence-corrected chi connectivity index (χ1v) is 25.0. The number of rotatable bonds is 44. The van der Waals surface area contributed by atoms with Gasteiger partial charge in [-0.1, -0.05) is 229 Å². The third-order valence-corrected chi connectivity index (χ3v) is 10.6. The molecule has 60 heavy (non-hydrogen) atoms. The first-order valence-electron chi connectivity index (χ1n) is 25.0. The average molecular weight is 837 g/mol. The Kier molecular flexibility index (Phi) is 46.0. The van der Waals surface area contributed by atoms with Gasteiger partial charge < -0.3 is 14.2 Å². The van der Waals surface area contributed by atoms with E-state index in [4.69, 9.17) is 14.2 Å². The Hall–Kier alpha value is -3.15. The second-order valence-electron chi connectivity index (χ2n) is 16.4. The summed E-state index contributed by atoms with van der Waals surface area (Å²) in [7, 11) is 0. The van der Waals surface area contributed by atoms with Gasteiger partial charge in [-0.15, -0.1) is 0 Å². The Morgan fingerprint density at radius 1 is 0.350 bits per heavy atom. The molecule has 0 aromatic carbocycles. The van der Waals surface area contributed by atoms with Crippen LogP contribution in [-0.2, 0) is 28.6 Å². The van der Waals surface area contributed by atoms with Crippen molar-refractivity contribution in [2.24, 2.45) is 0 Å². The predicted molar refractivity (Wildman–Crippen MR) is 256 cm³/mol. The number of allylic oxidation sites excluding steroid dienone is 12. The minimum atomic E-state index is -0.786. The van der Waals surface area contributed by atoms with Gasteiger partial charge in [0.15, 0.2) is 6.10 Å². The van der Waals surface area contributed by atoms with Crippen molar-refractivity contribution in [2.45, 2.75) is 239 Å². The van der Waals surface area contributed by atoms with E-state index in [9.17, 15) is 14.4 Å². The van der Waals surface area contributed by atoms with Gasteiger partial charge in [0, 0.05) is 19.3 Å². The fourth-order valence-electron chi connectivity index (χ4n) is 6.85. The number of hydrogen-bond acceptors (Lipinski definition) is 6. The van der Waals surface area contributed by atoms with Crippen molar-refractivity contribution in [2.75, 3.05) is 13.2 Å². The predicted octanol–water partition coefficient (Wildman–Crippen LogP) is 16.3. The molecule has 6 heteroatoms. The molecular weight excluding hydrogens is 745 g/mol. The van der Waals surface area contributed by atoms with Crippen LogP contribution in [0.15, 0.2) is 72.9 Å². The maximum absolute atomic E-state index is 12.8. The topological polar surface area (TPSA) is 78.9 Å². The largest absolute Gasteiger partial charge is 0.462 e. The van der Waals surface area contributed by atoms with Gasteiger partial charge in [0.1, 0.15) is 13.2 Å². The highest BCUT2D eigenvalue weighted by molar-refractivity contribution is 5.71. The highest BCUT2D eigenvalue weighted by Crippen LogP contribution is 2.15. The van der Waals surface area contributed by atoms with Gasteiger partial charge in [0.2, 0.25) is 0 Å². The zero-order valence-corrected chi connectivity index (χ0v) is 39.2. The fourth-order valence-corrected chi connectivity index (χ4v) is 6.85. The lowest BCUT2D eigenvalue weighted by Gasteiger charge is -2.18. The summed E-state index contributed by atoms with van der Waals surface area (Å²) >= 11 is 0. The number of carbonyl (C=O) groups is 3. The molecule has 0 bridgehead atoms. The SMILES string of the molecule is CC\C=C/C=C\C=C/CCCCCCCCCC(=O)OCC(COC(=O)CCCCCCC\C=C/C=C\C=C/CC)OC(=O)CCCCCCCCCCCCCCCC. The summed E-state index contributed by atoms with van der Waals surface area (Å²) in [5.74, 6) is -0.917. The standard InChI is InChI=1S/C54H92O6/c1-4-7-10-13-16-19-22-25-27-30-32-35-38-41-44-47-53(56)59-50-51(49-58-52(55)46-43-40-37-34-31-28-24-21-18-15-12-9-6-3)60-54(57)48-45-42-39-36-33-29-26-23-20-17-14-11-8-5-2/h7,9-10,12-13,15-16,18-19,21-22,24,51H,4-6,8,11,14,17,20,23,25-50H2,1-3H3/b10-7-,12-9-,16-13-,18-15-,22-19-,24-21-. The van der Waals surface area contributed by atoms with Crippen molar-refractivity contribution in [3.63, 3.8) is 0 Å². The molecule has 0 rings (SSSR count). The van der Waals surface area contributed by atoms with E-state index >= 15 is 0 Å². The molecule has 0 amide bonds. The first kappa shape index (κ1) is 56.9. The smallest absolute Gasteiger partial charge is 0.306 e. The maximum Gasteiger partial charge on any atom is 0.306 e. The quantitative estimate of drug-likeness (QED) is 0.0263. The van der Waals surface area contributed by atoms with E-state index in [1.165, 1.54) is 96.3 Å². The lowest BCUT2D eigenvalue weighted by atomic mass is 10.0. The Labute approximate surface area is 370 Å². The average Bonchev–Trinajstić information content (AvgIpc) is 3.24. The molecule has 0 N–H and O–H groups in total. The van der Waals surface area contributed by atoms with Gasteiger partial charge in [-0.2, -0.15) is 0 Å². The maximum atomic E-state index is 12.8. The molecule has 0 heterocycles. The number of unbranched alkanes of at least 4 members (excludes halogenated alkanes) is 25. The van der Waals surface area contributed by atoms with Crippen molar-refractivity contribution < 1.29 is 28.6 Å². The molecule has 0 aliphatic carbocycles. The van der Waals surface area contributed by atoms with E-state index in [2.05, 4.69) is 93.7 Å². The molecular formula is C54H92O6. The summed E-state index contributed by atoms with van der Waals surface area (Å²) in [6.45, 7) is 6.35. The zero-order chi connectivity index (χ0) is 43.7. The van der Waals surface area contributed by atoms with E-state index in [1.54, 1.807) is 0 Å². The third kappa shape index (κ3) is 45.9. The molecule has 0 aromatic heterocycles. The van der Waals surface area contributed by atoms with E-state index < -0.39 is 6.10 Å². The molecule has 344 valence electrons. The van der Waals surface area contributed by atoms with Crippen LogP contribution in [0, 0.1) is 0 Å². The van der Waals surface area contributed by atoms with Gasteiger partial charge in [0.05, 0.1) is 0 Å². The Morgan fingerprint density at radius 2 is 0.650 bits per heavy atom. The summed E-state index contributed by atoms with van der Waals surface area (Å²) in [5, 5.41) is 0. The number of esters is 3. The second-order valence-corrected chi connectivity index (χ2v) is 16.4. The monoisotopic (exact) mass is 837 g/mol. The van der Waals surface area contributed by atoms with E-state index in [0.29, 0.717) is 19.3 Å². The second kappa shape index (κ2) is 48.5. The zero-order valence-electron chi connectivity index (χ0n) is 39.2. The molecule has 0 aliphatic rings. The van der Waals surface area contributed by atoms with Gasteiger partial charge in [-0.05, 0) is 57.8 Å². The molecule has 0 spiro atoms. The molecule has 0 aromatic rings. The van der Waals surface area contributed by atoms with E-state index in [-0.39, 0.29) is 31.1 Å². The normalized spacial score (nSPS) is 12.7.